The van der Waals surface area contributed by atoms with Crippen molar-refractivity contribution < 1.29 is 9.84 Å². The summed E-state index contributed by atoms with van der Waals surface area (Å²) in [6, 6.07) is 36.5. The van der Waals surface area contributed by atoms with Crippen LogP contribution in [0.15, 0.2) is 146 Å². The third-order valence-electron chi connectivity index (χ3n) is 7.60. The Morgan fingerprint density at radius 2 is 1.06 bits per heavy atom. The minimum absolute atomic E-state index is 0.0526. The number of anilines is 2. The summed E-state index contributed by atoms with van der Waals surface area (Å²) in [5.74, 6) is 0.534. The highest BCUT2D eigenvalue weighted by atomic mass is 16.5. The number of fused-ring (bicyclic) bond motifs is 1. The fraction of sp³-hybridized carbons (Fsp3) is 0.105. The van der Waals surface area contributed by atoms with Crippen molar-refractivity contribution in [2.75, 3.05) is 12.4 Å². The summed E-state index contributed by atoms with van der Waals surface area (Å²) < 4.78 is 5.62. The highest BCUT2D eigenvalue weighted by molar-refractivity contribution is 5.94. The molecule has 47 heavy (non-hydrogen) atoms. The van der Waals surface area contributed by atoms with Crippen LogP contribution < -0.4 is 10.1 Å². The average molecular weight is 620 g/mol. The van der Waals surface area contributed by atoms with Gasteiger partial charge in [-0.2, -0.15) is 20.5 Å². The third-order valence-corrected chi connectivity index (χ3v) is 7.60. The van der Waals surface area contributed by atoms with Crippen LogP contribution in [0.25, 0.3) is 10.8 Å². The minimum Gasteiger partial charge on any atom is -0.505 e. The van der Waals surface area contributed by atoms with Crippen molar-refractivity contribution in [2.45, 2.75) is 20.8 Å². The van der Waals surface area contributed by atoms with E-state index in [9.17, 15) is 5.11 Å². The second-order valence-corrected chi connectivity index (χ2v) is 11.0. The zero-order valence-corrected chi connectivity index (χ0v) is 26.5. The first-order valence-corrected chi connectivity index (χ1v) is 15.1. The standard InChI is InChI=1S/C38H33N7O2/c1-24-20-34(25(2)19-33(24)42-40-29-13-9-6-10-14-29)43-44-35-23-37(47-4)36(21-26(35)3)45-41-32-18-15-27-22-30(16-17-31(27)38(32)46)39-28-11-7-5-8-12-28/h5-23,39,46H,1-4H3. The average Bonchev–Trinajstić information content (AvgIpc) is 3.09. The Balaban J connectivity index is 1.20. The maximum absolute atomic E-state index is 11.0. The Bertz CT molecular complexity index is 2140. The van der Waals surface area contributed by atoms with Crippen molar-refractivity contribution in [3.05, 3.63) is 132 Å². The van der Waals surface area contributed by atoms with Gasteiger partial charge in [-0.3, -0.25) is 0 Å². The number of nitrogens with one attached hydrogen (secondary N) is 1. The summed E-state index contributed by atoms with van der Waals surface area (Å²) in [7, 11) is 1.56. The van der Waals surface area contributed by atoms with Crippen LogP contribution >= 0.6 is 0 Å². The summed E-state index contributed by atoms with van der Waals surface area (Å²) in [5.41, 5.74) is 8.41. The molecule has 0 spiro atoms. The summed E-state index contributed by atoms with van der Waals surface area (Å²) >= 11 is 0. The number of hydrogen-bond donors (Lipinski definition) is 2. The number of rotatable bonds is 9. The van der Waals surface area contributed by atoms with Crippen molar-refractivity contribution in [1.29, 1.82) is 0 Å². The molecule has 6 rings (SSSR count). The molecule has 6 aromatic carbocycles. The number of aromatic hydroxyl groups is 1. The number of phenols is 1. The molecule has 0 bridgehead atoms. The van der Waals surface area contributed by atoms with Gasteiger partial charge in [0.15, 0.2) is 5.75 Å². The molecule has 2 N–H and O–H groups in total. The second kappa shape index (κ2) is 13.8. The molecule has 0 heterocycles. The summed E-state index contributed by atoms with van der Waals surface area (Å²) in [4.78, 5) is 0. The molecule has 0 amide bonds. The van der Waals surface area contributed by atoms with Gasteiger partial charge in [-0.05, 0) is 110 Å². The van der Waals surface area contributed by atoms with Gasteiger partial charge in [-0.25, -0.2) is 0 Å². The van der Waals surface area contributed by atoms with E-state index in [1.54, 1.807) is 19.2 Å². The van der Waals surface area contributed by atoms with Gasteiger partial charge in [-0.15, -0.1) is 10.2 Å². The molecule has 0 unspecified atom stereocenters. The number of azo groups is 3. The Morgan fingerprint density at radius 3 is 1.72 bits per heavy atom. The normalized spacial score (nSPS) is 11.7. The summed E-state index contributed by atoms with van der Waals surface area (Å²) in [5, 5.41) is 42.5. The van der Waals surface area contributed by atoms with Crippen LogP contribution in [0.1, 0.15) is 16.7 Å². The van der Waals surface area contributed by atoms with E-state index >= 15 is 0 Å². The lowest BCUT2D eigenvalue weighted by Crippen LogP contribution is -1.89. The predicted octanol–water partition coefficient (Wildman–Crippen LogP) is 12.5. The Morgan fingerprint density at radius 1 is 0.511 bits per heavy atom. The Kier molecular flexibility index (Phi) is 9.06. The first-order valence-electron chi connectivity index (χ1n) is 15.1. The number of phenolic OH excluding ortho intramolecular Hbond substituents is 1. The summed E-state index contributed by atoms with van der Waals surface area (Å²) in [6.07, 6.45) is 0. The van der Waals surface area contributed by atoms with E-state index in [1.807, 2.05) is 124 Å². The highest BCUT2D eigenvalue weighted by Gasteiger charge is 2.11. The highest BCUT2D eigenvalue weighted by Crippen LogP contribution is 2.40. The topological polar surface area (TPSA) is 116 Å². The van der Waals surface area contributed by atoms with Crippen LogP contribution in [0.3, 0.4) is 0 Å². The Hall–Kier alpha value is -6.22. The fourth-order valence-corrected chi connectivity index (χ4v) is 4.98. The van der Waals surface area contributed by atoms with Crippen molar-refractivity contribution >= 4 is 56.3 Å². The van der Waals surface area contributed by atoms with Gasteiger partial charge in [0, 0.05) is 22.8 Å². The quantitative estimate of drug-likeness (QED) is 0.157. The molecule has 0 saturated carbocycles. The molecular weight excluding hydrogens is 586 g/mol. The maximum Gasteiger partial charge on any atom is 0.150 e. The van der Waals surface area contributed by atoms with Crippen LogP contribution in [-0.2, 0) is 0 Å². The number of nitrogens with zero attached hydrogens (tertiary/aromatic N) is 6. The number of benzene rings is 6. The lowest BCUT2D eigenvalue weighted by molar-refractivity contribution is 0.416. The van der Waals surface area contributed by atoms with Gasteiger partial charge in [0.1, 0.15) is 17.1 Å². The van der Waals surface area contributed by atoms with Crippen LogP contribution in [-0.4, -0.2) is 12.2 Å². The molecule has 232 valence electrons. The van der Waals surface area contributed by atoms with Gasteiger partial charge in [-0.1, -0.05) is 42.5 Å². The van der Waals surface area contributed by atoms with Crippen molar-refractivity contribution in [1.82, 2.24) is 0 Å². The Labute approximate surface area is 273 Å². The molecule has 0 aliphatic heterocycles. The van der Waals surface area contributed by atoms with E-state index < -0.39 is 0 Å². The molecule has 0 aliphatic carbocycles. The van der Waals surface area contributed by atoms with Crippen molar-refractivity contribution in [3.63, 3.8) is 0 Å². The first-order chi connectivity index (χ1) is 22.9. The lowest BCUT2D eigenvalue weighted by atomic mass is 10.1. The molecule has 0 radical (unpaired) electrons. The van der Waals surface area contributed by atoms with Gasteiger partial charge in [0.2, 0.25) is 0 Å². The van der Waals surface area contributed by atoms with Gasteiger partial charge < -0.3 is 15.2 Å². The van der Waals surface area contributed by atoms with E-state index in [1.165, 1.54) is 0 Å². The van der Waals surface area contributed by atoms with Crippen LogP contribution in [0.4, 0.5) is 45.5 Å². The molecule has 0 aliphatic rings. The largest absolute Gasteiger partial charge is 0.505 e. The number of hydrogen-bond acceptors (Lipinski definition) is 9. The molecule has 9 nitrogen and oxygen atoms in total. The molecule has 6 aromatic rings. The van der Waals surface area contributed by atoms with Crippen LogP contribution in [0.5, 0.6) is 11.5 Å². The zero-order valence-electron chi connectivity index (χ0n) is 26.5. The molecule has 9 heteroatoms. The van der Waals surface area contributed by atoms with Gasteiger partial charge in [0.05, 0.1) is 29.9 Å². The second-order valence-electron chi connectivity index (χ2n) is 11.0. The minimum atomic E-state index is 0.0526. The maximum atomic E-state index is 11.0. The monoisotopic (exact) mass is 619 g/mol. The van der Waals surface area contributed by atoms with Crippen LogP contribution in [0.2, 0.25) is 0 Å². The van der Waals surface area contributed by atoms with Gasteiger partial charge >= 0.3 is 0 Å². The predicted molar refractivity (Wildman–Crippen MR) is 188 cm³/mol. The number of ether oxygens (including phenoxy) is 1. The molecule has 0 atom stereocenters. The van der Waals surface area contributed by atoms with Crippen molar-refractivity contribution in [3.8, 4) is 11.5 Å². The van der Waals surface area contributed by atoms with Crippen molar-refractivity contribution in [2.24, 2.45) is 30.7 Å². The SMILES string of the molecule is COc1cc(N=Nc2cc(C)c(N=Nc3ccccc3)cc2C)c(C)cc1N=Nc1ccc2cc(Nc3ccccc3)ccc2c1O. The van der Waals surface area contributed by atoms with E-state index in [-0.39, 0.29) is 5.75 Å². The summed E-state index contributed by atoms with van der Waals surface area (Å²) in [6.45, 7) is 5.86. The van der Waals surface area contributed by atoms with Crippen LogP contribution in [0, 0.1) is 20.8 Å². The number of para-hydroxylation sites is 1. The smallest absolute Gasteiger partial charge is 0.150 e. The third kappa shape index (κ3) is 7.20. The first kappa shape index (κ1) is 30.8. The lowest BCUT2D eigenvalue weighted by Gasteiger charge is -2.10. The van der Waals surface area contributed by atoms with Gasteiger partial charge in [0.25, 0.3) is 0 Å². The number of methoxy groups -OCH3 is 1. The molecular formula is C38H33N7O2. The van der Waals surface area contributed by atoms with E-state index in [4.69, 9.17) is 4.74 Å². The molecule has 0 saturated heterocycles. The van der Waals surface area contributed by atoms with E-state index in [0.29, 0.717) is 28.2 Å². The molecule has 0 fully saturated rings. The van der Waals surface area contributed by atoms with E-state index in [0.717, 1.165) is 50.5 Å². The fourth-order valence-electron chi connectivity index (χ4n) is 4.98. The number of aryl methyl sites for hydroxylation is 3. The zero-order chi connectivity index (χ0) is 32.8. The molecule has 0 aromatic heterocycles. The van der Waals surface area contributed by atoms with E-state index in [2.05, 4.69) is 36.0 Å².